The van der Waals surface area contributed by atoms with Crippen molar-refractivity contribution in [3.05, 3.63) is 100 Å². The van der Waals surface area contributed by atoms with Crippen LogP contribution in [-0.4, -0.2) is 37.2 Å². The average molecular weight is 517 g/mol. The maximum Gasteiger partial charge on any atom is 0.325 e. The number of carbonyl (C=O) groups is 1. The number of aromatic nitrogens is 5. The second-order valence-electron chi connectivity index (χ2n) is 7.99. The second kappa shape index (κ2) is 10.5. The summed E-state index contributed by atoms with van der Waals surface area (Å²) in [6, 6.07) is 19.9. The first kappa shape index (κ1) is 24.0. The van der Waals surface area contributed by atoms with Crippen molar-refractivity contribution in [2.45, 2.75) is 13.1 Å². The molecule has 11 heteroatoms. The number of nitrogens with one attached hydrogen (secondary N) is 1. The summed E-state index contributed by atoms with van der Waals surface area (Å²) in [4.78, 5) is 37.7. The van der Waals surface area contributed by atoms with E-state index in [0.717, 1.165) is 5.56 Å². The molecule has 0 unspecified atom stereocenters. The van der Waals surface area contributed by atoms with Crippen LogP contribution in [0.1, 0.15) is 5.56 Å². The number of esters is 1. The fourth-order valence-electron chi connectivity index (χ4n) is 3.70. The molecule has 37 heavy (non-hydrogen) atoms. The van der Waals surface area contributed by atoms with Crippen molar-refractivity contribution in [3.8, 4) is 11.6 Å². The molecule has 0 aliphatic heterocycles. The maximum atomic E-state index is 13.0. The van der Waals surface area contributed by atoms with Crippen molar-refractivity contribution in [1.82, 2.24) is 24.1 Å². The van der Waals surface area contributed by atoms with Gasteiger partial charge in [0.1, 0.15) is 12.3 Å². The number of nitrogens with zero attached hydrogens (tertiary/aromatic N) is 5. The van der Waals surface area contributed by atoms with Crippen molar-refractivity contribution in [3.63, 3.8) is 0 Å². The first-order valence-corrected chi connectivity index (χ1v) is 11.6. The molecule has 186 valence electrons. The lowest BCUT2D eigenvalue weighted by atomic mass is 10.2. The second-order valence-corrected chi connectivity index (χ2v) is 8.43. The standard InChI is InChI=1S/C26H21ClN6O4/c1-36-22(34)15-32-16-29-24-23(32)25(35)31-26(33(24)14-17-5-7-18(27)8-6-17)30-19-9-11-20(12-10-19)37-21-4-2-3-13-28-21/h2-13,16H,14-15H2,1H3,(H,30,31,35). The number of methoxy groups -OCH3 is 1. The van der Waals surface area contributed by atoms with Crippen LogP contribution in [0.4, 0.5) is 11.6 Å². The lowest BCUT2D eigenvalue weighted by Gasteiger charge is -2.16. The molecule has 0 aliphatic carbocycles. The molecule has 0 aliphatic rings. The molecule has 0 atom stereocenters. The molecule has 1 N–H and O–H groups in total. The normalized spacial score (nSPS) is 10.9. The number of halogens is 1. The number of pyridine rings is 1. The molecule has 0 saturated heterocycles. The van der Waals surface area contributed by atoms with Gasteiger partial charge in [-0.1, -0.05) is 29.8 Å². The van der Waals surface area contributed by atoms with Crippen molar-refractivity contribution in [2.75, 3.05) is 12.4 Å². The van der Waals surface area contributed by atoms with E-state index >= 15 is 0 Å². The predicted molar refractivity (Wildman–Crippen MR) is 138 cm³/mol. The molecule has 0 radical (unpaired) electrons. The van der Waals surface area contributed by atoms with Gasteiger partial charge in [0.15, 0.2) is 11.2 Å². The Bertz CT molecular complexity index is 1600. The summed E-state index contributed by atoms with van der Waals surface area (Å²) in [7, 11) is 1.28. The third-order valence-corrected chi connectivity index (χ3v) is 5.74. The van der Waals surface area contributed by atoms with Gasteiger partial charge in [0.05, 0.1) is 20.0 Å². The van der Waals surface area contributed by atoms with Crippen LogP contribution >= 0.6 is 11.6 Å². The monoisotopic (exact) mass is 516 g/mol. The van der Waals surface area contributed by atoms with Gasteiger partial charge in [-0.25, -0.2) is 9.97 Å². The topological polar surface area (TPSA) is 113 Å². The smallest absolute Gasteiger partial charge is 0.325 e. The molecule has 3 aromatic heterocycles. The van der Waals surface area contributed by atoms with Crippen molar-refractivity contribution < 1.29 is 14.3 Å². The molecule has 5 rings (SSSR count). The molecule has 0 spiro atoms. The zero-order chi connectivity index (χ0) is 25.8. The van der Waals surface area contributed by atoms with Crippen LogP contribution in [0.2, 0.25) is 5.02 Å². The molecule has 0 fully saturated rings. The minimum Gasteiger partial charge on any atom is -0.468 e. The number of benzene rings is 2. The Kier molecular flexibility index (Phi) is 6.82. The Morgan fingerprint density at radius 2 is 1.81 bits per heavy atom. The van der Waals surface area contributed by atoms with Crippen molar-refractivity contribution in [1.29, 1.82) is 0 Å². The summed E-state index contributed by atoms with van der Waals surface area (Å²) in [6.45, 7) is 0.189. The van der Waals surface area contributed by atoms with E-state index in [1.165, 1.54) is 18.0 Å². The quantitative estimate of drug-likeness (QED) is 0.302. The van der Waals surface area contributed by atoms with Gasteiger partial charge in [0, 0.05) is 23.0 Å². The van der Waals surface area contributed by atoms with Gasteiger partial charge in [0.2, 0.25) is 11.8 Å². The predicted octanol–water partition coefficient (Wildman–Crippen LogP) is 4.40. The van der Waals surface area contributed by atoms with Crippen LogP contribution in [0.5, 0.6) is 11.6 Å². The summed E-state index contributed by atoms with van der Waals surface area (Å²) in [5.41, 5.74) is 1.64. The number of hydrogen-bond donors (Lipinski definition) is 1. The third kappa shape index (κ3) is 5.44. The zero-order valence-electron chi connectivity index (χ0n) is 19.7. The van der Waals surface area contributed by atoms with Crippen LogP contribution in [0, 0.1) is 0 Å². The van der Waals surface area contributed by atoms with Crippen molar-refractivity contribution in [2.24, 2.45) is 0 Å². The fourth-order valence-corrected chi connectivity index (χ4v) is 3.83. The minimum absolute atomic E-state index is 0.157. The first-order chi connectivity index (χ1) is 18.0. The molecular formula is C26H21ClN6O4. The number of carbonyl (C=O) groups excluding carboxylic acids is 1. The van der Waals surface area contributed by atoms with Gasteiger partial charge in [-0.3, -0.25) is 14.2 Å². The van der Waals surface area contributed by atoms with Crippen molar-refractivity contribution >= 4 is 40.4 Å². The molecule has 0 bridgehead atoms. The molecule has 3 heterocycles. The van der Waals surface area contributed by atoms with Crippen LogP contribution in [0.25, 0.3) is 11.2 Å². The number of hydrogen-bond acceptors (Lipinski definition) is 8. The molecule has 2 aromatic carbocycles. The van der Waals surface area contributed by atoms with Gasteiger partial charge in [-0.05, 0) is 48.0 Å². The highest BCUT2D eigenvalue weighted by atomic mass is 35.5. The Labute approximate surface area is 216 Å². The van der Waals surface area contributed by atoms with Crippen LogP contribution in [0.3, 0.4) is 0 Å². The highest BCUT2D eigenvalue weighted by Gasteiger charge is 2.18. The van der Waals surface area contributed by atoms with E-state index in [1.54, 1.807) is 53.2 Å². The maximum absolute atomic E-state index is 13.0. The molecule has 10 nitrogen and oxygen atoms in total. The Morgan fingerprint density at radius 3 is 2.51 bits per heavy atom. The van der Waals surface area contributed by atoms with Crippen LogP contribution < -0.4 is 15.6 Å². The SMILES string of the molecule is COC(=O)Cn1cnc2c1c(=O)nc(Nc1ccc(Oc3ccccn3)cc1)n2Cc1ccc(Cl)cc1. The van der Waals surface area contributed by atoms with Gasteiger partial charge in [-0.15, -0.1) is 0 Å². The summed E-state index contributed by atoms with van der Waals surface area (Å²) in [6.07, 6.45) is 3.08. The Morgan fingerprint density at radius 1 is 1.03 bits per heavy atom. The largest absolute Gasteiger partial charge is 0.468 e. The number of ether oxygens (including phenoxy) is 2. The summed E-state index contributed by atoms with van der Waals surface area (Å²) in [5, 5.41) is 3.81. The van der Waals surface area contributed by atoms with E-state index in [1.807, 2.05) is 24.3 Å². The third-order valence-electron chi connectivity index (χ3n) is 5.49. The summed E-state index contributed by atoms with van der Waals surface area (Å²) in [5.74, 6) is 0.870. The van der Waals surface area contributed by atoms with Gasteiger partial charge >= 0.3 is 11.5 Å². The number of rotatable bonds is 8. The van der Waals surface area contributed by atoms with E-state index < -0.39 is 11.5 Å². The van der Waals surface area contributed by atoms with Crippen LogP contribution in [-0.2, 0) is 22.6 Å². The number of imidazole rings is 1. The fraction of sp³-hybridized carbons (Fsp3) is 0.115. The molecule has 0 saturated carbocycles. The lowest BCUT2D eigenvalue weighted by Crippen LogP contribution is -2.21. The minimum atomic E-state index is -0.527. The molecular weight excluding hydrogens is 496 g/mol. The van der Waals surface area contributed by atoms with E-state index in [-0.39, 0.29) is 18.0 Å². The summed E-state index contributed by atoms with van der Waals surface area (Å²) >= 11 is 6.05. The number of anilines is 2. The van der Waals surface area contributed by atoms with E-state index in [4.69, 9.17) is 21.1 Å². The highest BCUT2D eigenvalue weighted by molar-refractivity contribution is 6.30. The van der Waals surface area contributed by atoms with E-state index in [9.17, 15) is 9.59 Å². The number of fused-ring (bicyclic) bond motifs is 1. The summed E-state index contributed by atoms with van der Waals surface area (Å²) < 4.78 is 13.7. The average Bonchev–Trinajstić information content (AvgIpc) is 3.33. The zero-order valence-corrected chi connectivity index (χ0v) is 20.4. The molecule has 5 aromatic rings. The lowest BCUT2D eigenvalue weighted by molar-refractivity contribution is -0.141. The highest BCUT2D eigenvalue weighted by Crippen LogP contribution is 2.24. The van der Waals surface area contributed by atoms with Gasteiger partial charge in [0.25, 0.3) is 0 Å². The van der Waals surface area contributed by atoms with Gasteiger partial charge in [-0.2, -0.15) is 4.98 Å². The van der Waals surface area contributed by atoms with Gasteiger partial charge < -0.3 is 19.4 Å². The van der Waals surface area contributed by atoms with E-state index in [2.05, 4.69) is 20.3 Å². The Hall–Kier alpha value is -4.70. The van der Waals surface area contributed by atoms with E-state index in [0.29, 0.717) is 34.5 Å². The molecule has 0 amide bonds. The first-order valence-electron chi connectivity index (χ1n) is 11.2. The Balaban J connectivity index is 1.50. The van der Waals surface area contributed by atoms with Crippen LogP contribution in [0.15, 0.2) is 84.0 Å².